The number of hydrogen-bond donors (Lipinski definition) is 4. The van der Waals surface area contributed by atoms with E-state index >= 15 is 0 Å². The van der Waals surface area contributed by atoms with Gasteiger partial charge in [0.1, 0.15) is 0 Å². The van der Waals surface area contributed by atoms with Crippen molar-refractivity contribution >= 4 is 29.3 Å². The van der Waals surface area contributed by atoms with E-state index in [2.05, 4.69) is 38.7 Å². The summed E-state index contributed by atoms with van der Waals surface area (Å²) in [5.74, 6) is 2.09. The van der Waals surface area contributed by atoms with Gasteiger partial charge < -0.3 is 15.7 Å². The van der Waals surface area contributed by atoms with Crippen molar-refractivity contribution < 1.29 is 5.11 Å². The molecule has 0 aromatic carbocycles. The molecule has 170 valence electrons. The Morgan fingerprint density at radius 1 is 1.31 bits per heavy atom. The highest BCUT2D eigenvalue weighted by atomic mass is 32.2. The number of rotatable bonds is 7. The van der Waals surface area contributed by atoms with Crippen LogP contribution in [0.3, 0.4) is 0 Å². The number of fused-ring (bicyclic) bond motifs is 3. The number of nitrogens with one attached hydrogen (secondary N) is 3. The monoisotopic (exact) mass is 454 g/mol. The van der Waals surface area contributed by atoms with Crippen LogP contribution in [0.4, 0.5) is 17.6 Å². The van der Waals surface area contributed by atoms with Gasteiger partial charge in [-0.3, -0.25) is 10.00 Å². The van der Waals surface area contributed by atoms with Gasteiger partial charge >= 0.3 is 0 Å². The number of nitrogens with zero attached hydrogens (tertiary/aromatic N) is 5. The molecule has 5 rings (SSSR count). The van der Waals surface area contributed by atoms with Crippen molar-refractivity contribution in [1.29, 1.82) is 5.26 Å². The van der Waals surface area contributed by atoms with Gasteiger partial charge in [-0.25, -0.2) is 4.98 Å². The van der Waals surface area contributed by atoms with Gasteiger partial charge in [-0.15, -0.1) is 11.8 Å². The highest BCUT2D eigenvalue weighted by molar-refractivity contribution is 8.00. The number of aliphatic hydroxyl groups excluding tert-OH is 1. The number of aromatic nitrogens is 4. The molecule has 2 aromatic heterocycles. The largest absolute Gasteiger partial charge is 0.390 e. The third-order valence-electron chi connectivity index (χ3n) is 6.72. The molecule has 3 aliphatic heterocycles. The lowest BCUT2D eigenvalue weighted by Gasteiger charge is -2.48. The highest BCUT2D eigenvalue weighted by Crippen LogP contribution is 2.42. The second-order valence-electron chi connectivity index (χ2n) is 9.06. The van der Waals surface area contributed by atoms with Crippen molar-refractivity contribution in [3.8, 4) is 6.07 Å². The number of H-pyrrole nitrogens is 1. The van der Waals surface area contributed by atoms with Crippen LogP contribution in [0, 0.1) is 11.3 Å². The van der Waals surface area contributed by atoms with Crippen molar-refractivity contribution in [3.05, 3.63) is 17.5 Å². The zero-order valence-corrected chi connectivity index (χ0v) is 19.2. The van der Waals surface area contributed by atoms with E-state index in [4.69, 9.17) is 15.2 Å². The summed E-state index contributed by atoms with van der Waals surface area (Å²) in [4.78, 5) is 13.4. The van der Waals surface area contributed by atoms with Crippen LogP contribution in [0.25, 0.3) is 0 Å². The van der Waals surface area contributed by atoms with E-state index in [1.54, 1.807) is 17.8 Å². The molecule has 4 atom stereocenters. The number of anilines is 3. The molecule has 5 heterocycles. The predicted octanol–water partition coefficient (Wildman–Crippen LogP) is 3.18. The quantitative estimate of drug-likeness (QED) is 0.499. The van der Waals surface area contributed by atoms with Crippen LogP contribution in [0.2, 0.25) is 0 Å². The summed E-state index contributed by atoms with van der Waals surface area (Å²) in [5, 5.41) is 32.8. The summed E-state index contributed by atoms with van der Waals surface area (Å²) in [6, 6.07) is 5.52. The maximum Gasteiger partial charge on any atom is 0.225 e. The van der Waals surface area contributed by atoms with Gasteiger partial charge in [0, 0.05) is 48.8 Å². The topological polar surface area (TPSA) is 126 Å². The van der Waals surface area contributed by atoms with Crippen molar-refractivity contribution in [1.82, 2.24) is 25.1 Å². The lowest BCUT2D eigenvalue weighted by molar-refractivity contribution is 0.0369. The summed E-state index contributed by atoms with van der Waals surface area (Å²) in [6.07, 6.45) is 7.35. The number of piperidine rings is 2. The number of hydrogen-bond acceptors (Lipinski definition) is 9. The van der Waals surface area contributed by atoms with Crippen LogP contribution in [-0.2, 0) is 13.0 Å². The van der Waals surface area contributed by atoms with E-state index in [1.165, 1.54) is 19.3 Å². The Bertz CT molecular complexity index is 990. The van der Waals surface area contributed by atoms with Crippen LogP contribution in [0.15, 0.2) is 11.0 Å². The van der Waals surface area contributed by atoms with E-state index in [0.29, 0.717) is 47.3 Å². The van der Waals surface area contributed by atoms with Gasteiger partial charge in [-0.1, -0.05) is 13.3 Å². The minimum Gasteiger partial charge on any atom is -0.390 e. The van der Waals surface area contributed by atoms with E-state index in [-0.39, 0.29) is 6.61 Å². The number of thioether (sulfide) groups is 1. The summed E-state index contributed by atoms with van der Waals surface area (Å²) in [5.41, 5.74) is 1.74. The Hall–Kier alpha value is -2.35. The normalized spacial score (nSPS) is 27.0. The Balaban J connectivity index is 1.34. The lowest BCUT2D eigenvalue weighted by Crippen LogP contribution is -2.55. The summed E-state index contributed by atoms with van der Waals surface area (Å²) < 4.78 is 0. The molecule has 10 heteroatoms. The third-order valence-corrected chi connectivity index (χ3v) is 7.96. The summed E-state index contributed by atoms with van der Waals surface area (Å²) in [6.45, 7) is 3.01. The van der Waals surface area contributed by atoms with E-state index in [9.17, 15) is 5.11 Å². The Kier molecular flexibility index (Phi) is 6.22. The minimum absolute atomic E-state index is 0.0788. The molecule has 2 aromatic rings. The first-order valence-electron chi connectivity index (χ1n) is 11.5. The zero-order valence-electron chi connectivity index (χ0n) is 18.3. The number of aromatic amines is 1. The van der Waals surface area contributed by atoms with E-state index in [1.807, 2.05) is 0 Å². The van der Waals surface area contributed by atoms with Crippen LogP contribution in [-0.4, -0.2) is 60.1 Å². The molecule has 4 N–H and O–H groups in total. The van der Waals surface area contributed by atoms with Crippen molar-refractivity contribution in [2.45, 2.75) is 86.7 Å². The van der Waals surface area contributed by atoms with Gasteiger partial charge in [0.05, 0.1) is 29.0 Å². The molecule has 9 nitrogen and oxygen atoms in total. The van der Waals surface area contributed by atoms with Crippen molar-refractivity contribution in [3.63, 3.8) is 0 Å². The molecular weight excluding hydrogens is 424 g/mol. The lowest BCUT2D eigenvalue weighted by atomic mass is 9.81. The average Bonchev–Trinajstić information content (AvgIpc) is 3.37. The second kappa shape index (κ2) is 9.25. The minimum atomic E-state index is -0.0788. The van der Waals surface area contributed by atoms with Crippen molar-refractivity contribution in [2.24, 2.45) is 0 Å². The predicted molar refractivity (Wildman–Crippen MR) is 124 cm³/mol. The maximum atomic E-state index is 9.31. The van der Waals surface area contributed by atoms with Gasteiger partial charge in [0.25, 0.3) is 0 Å². The molecule has 0 aliphatic carbocycles. The standard InChI is InChI=1S/C22H30N8OS/c1-13-8-18-20(32-13)21(26-19-11-15(12-31)28-29-19)27-22(25-18)24-14-9-16-4-2-5-17(10-14)30(16)7-3-6-23/h11,13-14,16-17,31H,2-5,7-10,12H2,1H3,(H3,24,25,26,27,28,29)/t13?,14?,16-,17+. The average molecular weight is 455 g/mol. The van der Waals surface area contributed by atoms with E-state index in [0.717, 1.165) is 42.2 Å². The first-order valence-corrected chi connectivity index (χ1v) is 12.4. The fraction of sp³-hybridized carbons (Fsp3) is 0.636. The number of nitriles is 1. The second-order valence-corrected chi connectivity index (χ2v) is 10.5. The molecule has 2 fully saturated rings. The zero-order chi connectivity index (χ0) is 22.1. The first-order chi connectivity index (χ1) is 15.6. The molecule has 3 aliphatic rings. The highest BCUT2D eigenvalue weighted by Gasteiger charge is 2.38. The molecule has 2 bridgehead atoms. The van der Waals surface area contributed by atoms with E-state index < -0.39 is 0 Å². The van der Waals surface area contributed by atoms with Crippen molar-refractivity contribution in [2.75, 3.05) is 17.2 Å². The van der Waals surface area contributed by atoms with Gasteiger partial charge in [0.2, 0.25) is 5.95 Å². The fourth-order valence-corrected chi connectivity index (χ4v) is 6.49. The summed E-state index contributed by atoms with van der Waals surface area (Å²) in [7, 11) is 0. The van der Waals surface area contributed by atoms with Gasteiger partial charge in [-0.2, -0.15) is 15.3 Å². The third kappa shape index (κ3) is 4.42. The summed E-state index contributed by atoms with van der Waals surface area (Å²) >= 11 is 1.79. The van der Waals surface area contributed by atoms with Crippen LogP contribution >= 0.6 is 11.8 Å². The molecule has 0 radical (unpaired) electrons. The maximum absolute atomic E-state index is 9.31. The fourth-order valence-electron chi connectivity index (χ4n) is 5.37. The molecule has 0 amide bonds. The molecule has 2 saturated heterocycles. The van der Waals surface area contributed by atoms with Crippen LogP contribution < -0.4 is 10.6 Å². The van der Waals surface area contributed by atoms with Crippen LogP contribution in [0.1, 0.15) is 56.8 Å². The Labute approximate surface area is 192 Å². The smallest absolute Gasteiger partial charge is 0.225 e. The van der Waals surface area contributed by atoms with Gasteiger partial charge in [-0.05, 0) is 25.7 Å². The Morgan fingerprint density at radius 3 is 2.84 bits per heavy atom. The SMILES string of the molecule is CC1Cc2nc(NC3C[C@H]4CCC[C@@H](C3)N4CCC#N)nc(Nc3cc(CO)[nH]n3)c2S1. The van der Waals surface area contributed by atoms with Gasteiger partial charge in [0.15, 0.2) is 11.6 Å². The molecule has 0 spiro atoms. The molecular formula is C22H30N8OS. The molecule has 32 heavy (non-hydrogen) atoms. The Morgan fingerprint density at radius 2 is 2.12 bits per heavy atom. The van der Waals surface area contributed by atoms with Crippen LogP contribution in [0.5, 0.6) is 0 Å². The number of aliphatic hydroxyl groups is 1. The molecule has 2 unspecified atom stereocenters. The first kappa shape index (κ1) is 21.5. The molecule has 0 saturated carbocycles.